The average Bonchev–Trinajstić information content (AvgIpc) is 3.47. The van der Waals surface area contributed by atoms with Crippen molar-refractivity contribution in [3.8, 4) is 39.1 Å². The van der Waals surface area contributed by atoms with Gasteiger partial charge in [-0.2, -0.15) is 0 Å². The number of nitrogens with zero attached hydrogens (tertiary/aromatic N) is 1. The van der Waals surface area contributed by atoms with E-state index in [0.29, 0.717) is 0 Å². The van der Waals surface area contributed by atoms with Gasteiger partial charge in [0.15, 0.2) is 0 Å². The third-order valence-corrected chi connectivity index (χ3v) is 9.17. The third-order valence-electron chi connectivity index (χ3n) is 9.17. The summed E-state index contributed by atoms with van der Waals surface area (Å²) in [4.78, 5) is 0. The summed E-state index contributed by atoms with van der Waals surface area (Å²) in [6.07, 6.45) is 4.01. The number of allylic oxidation sites excluding steroid dienone is 3. The molecule has 0 aliphatic rings. The normalized spacial score (nSPS) is 11.8. The molecule has 1 aromatic heterocycles. The van der Waals surface area contributed by atoms with Gasteiger partial charge >= 0.3 is 0 Å². The van der Waals surface area contributed by atoms with Crippen molar-refractivity contribution in [2.75, 3.05) is 0 Å². The summed E-state index contributed by atoms with van der Waals surface area (Å²) in [5.41, 5.74) is 13.2. The Balaban J connectivity index is 1.28. The van der Waals surface area contributed by atoms with Crippen molar-refractivity contribution >= 4 is 38.2 Å². The molecule has 7 aromatic carbocycles. The smallest absolute Gasteiger partial charge is 0.0619 e. The highest BCUT2D eigenvalue weighted by Gasteiger charge is 2.16. The summed E-state index contributed by atoms with van der Waals surface area (Å²) in [6.45, 7) is 6.01. The second-order valence-electron chi connectivity index (χ2n) is 11.8. The van der Waals surface area contributed by atoms with Crippen LogP contribution in [0.15, 0.2) is 176 Å². The van der Waals surface area contributed by atoms with E-state index in [2.05, 4.69) is 175 Å². The molecule has 0 atom stereocenters. The van der Waals surface area contributed by atoms with Crippen LogP contribution in [0.25, 0.3) is 77.2 Å². The molecule has 0 N–H and O–H groups in total. The van der Waals surface area contributed by atoms with Crippen LogP contribution in [0.2, 0.25) is 0 Å². The molecule has 8 aromatic rings. The highest BCUT2D eigenvalue weighted by atomic mass is 15.0. The minimum absolute atomic E-state index is 1.15. The lowest BCUT2D eigenvalue weighted by Gasteiger charge is -2.12. The Morgan fingerprint density at radius 2 is 1.02 bits per heavy atom. The molecule has 0 aliphatic heterocycles. The molecule has 8 rings (SSSR count). The van der Waals surface area contributed by atoms with Crippen molar-refractivity contribution in [2.24, 2.45) is 0 Å². The zero-order valence-electron chi connectivity index (χ0n) is 25.8. The van der Waals surface area contributed by atoms with Crippen LogP contribution in [0, 0.1) is 0 Å². The van der Waals surface area contributed by atoms with Crippen molar-refractivity contribution in [3.05, 3.63) is 182 Å². The predicted molar refractivity (Wildman–Crippen MR) is 198 cm³/mol. The second-order valence-corrected chi connectivity index (χ2v) is 11.8. The number of aromatic nitrogens is 1. The lowest BCUT2D eigenvalue weighted by Crippen LogP contribution is -1.94. The minimum Gasteiger partial charge on any atom is -0.309 e. The van der Waals surface area contributed by atoms with Crippen LogP contribution in [-0.4, -0.2) is 4.57 Å². The Morgan fingerprint density at radius 1 is 0.500 bits per heavy atom. The van der Waals surface area contributed by atoms with Gasteiger partial charge in [-0.25, -0.2) is 0 Å². The van der Waals surface area contributed by atoms with Gasteiger partial charge in [0.2, 0.25) is 0 Å². The molecule has 1 heteroatoms. The van der Waals surface area contributed by atoms with E-state index in [4.69, 9.17) is 0 Å². The fraction of sp³-hybridized carbons (Fsp3) is 0.0222. The van der Waals surface area contributed by atoms with Crippen molar-refractivity contribution < 1.29 is 0 Å². The number of benzene rings is 7. The van der Waals surface area contributed by atoms with Crippen molar-refractivity contribution in [1.82, 2.24) is 4.57 Å². The number of hydrogen-bond acceptors (Lipinski definition) is 0. The van der Waals surface area contributed by atoms with Crippen molar-refractivity contribution in [1.29, 1.82) is 0 Å². The second kappa shape index (κ2) is 11.5. The van der Waals surface area contributed by atoms with E-state index in [1.54, 1.807) is 0 Å². The minimum atomic E-state index is 1.15. The van der Waals surface area contributed by atoms with Crippen LogP contribution in [0.3, 0.4) is 0 Å². The fourth-order valence-electron chi connectivity index (χ4n) is 6.78. The first-order valence-electron chi connectivity index (χ1n) is 15.8. The molecule has 218 valence electrons. The molecule has 46 heavy (non-hydrogen) atoms. The molecule has 0 saturated heterocycles. The Morgan fingerprint density at radius 3 is 1.67 bits per heavy atom. The topological polar surface area (TPSA) is 4.93 Å². The summed E-state index contributed by atoms with van der Waals surface area (Å²) < 4.78 is 2.44. The molecule has 1 heterocycles. The maximum absolute atomic E-state index is 3.96. The van der Waals surface area contributed by atoms with Crippen LogP contribution < -0.4 is 0 Å². The van der Waals surface area contributed by atoms with Gasteiger partial charge in [-0.1, -0.05) is 152 Å². The van der Waals surface area contributed by atoms with E-state index in [9.17, 15) is 0 Å². The first-order chi connectivity index (χ1) is 22.7. The molecule has 0 saturated carbocycles. The first kappa shape index (κ1) is 27.6. The van der Waals surface area contributed by atoms with Gasteiger partial charge in [-0.05, 0) is 81.1 Å². The molecule has 1 nitrogen and oxygen atoms in total. The lowest BCUT2D eigenvalue weighted by atomic mass is 9.97. The molecule has 0 radical (unpaired) electrons. The van der Waals surface area contributed by atoms with Gasteiger partial charge in [-0.3, -0.25) is 0 Å². The van der Waals surface area contributed by atoms with E-state index < -0.39 is 0 Å². The Kier molecular flexibility index (Phi) is 6.93. The van der Waals surface area contributed by atoms with Gasteiger partial charge in [0.25, 0.3) is 0 Å². The maximum Gasteiger partial charge on any atom is 0.0619 e. The summed E-state index contributed by atoms with van der Waals surface area (Å²) in [7, 11) is 0. The van der Waals surface area contributed by atoms with Crippen LogP contribution in [0.1, 0.15) is 12.5 Å². The van der Waals surface area contributed by atoms with Gasteiger partial charge < -0.3 is 4.57 Å². The molecule has 0 amide bonds. The zero-order valence-corrected chi connectivity index (χ0v) is 25.8. The summed E-state index contributed by atoms with van der Waals surface area (Å²) in [5.74, 6) is 0. The van der Waals surface area contributed by atoms with E-state index >= 15 is 0 Å². The number of hydrogen-bond donors (Lipinski definition) is 0. The number of rotatable bonds is 6. The molecule has 0 aliphatic carbocycles. The molecule has 0 unspecified atom stereocenters. The van der Waals surface area contributed by atoms with Gasteiger partial charge in [0.05, 0.1) is 11.0 Å². The molecule has 0 bridgehead atoms. The highest BCUT2D eigenvalue weighted by molar-refractivity contribution is 6.19. The molecular weight excluding hydrogens is 555 g/mol. The maximum atomic E-state index is 3.96. The standard InChI is InChI=1S/C45H33N/c1-3-31(4-2)33-15-19-35(20-16-33)37-23-26-41-39(29-37)25-28-43-42-27-24-38(30-44(42)46(45(41)43)40-13-9-6-10-14-40)36-21-17-34(18-22-36)32-11-7-5-8-12-32/h3-30H,1H2,2H3/b31-4+. The van der Waals surface area contributed by atoms with E-state index in [-0.39, 0.29) is 0 Å². The molecule has 0 fully saturated rings. The highest BCUT2D eigenvalue weighted by Crippen LogP contribution is 2.39. The summed E-state index contributed by atoms with van der Waals surface area (Å²) in [5, 5.41) is 4.99. The lowest BCUT2D eigenvalue weighted by molar-refractivity contribution is 1.19. The monoisotopic (exact) mass is 587 g/mol. The first-order valence-corrected chi connectivity index (χ1v) is 15.8. The predicted octanol–water partition coefficient (Wildman–Crippen LogP) is 12.5. The van der Waals surface area contributed by atoms with E-state index in [0.717, 1.165) is 11.3 Å². The van der Waals surface area contributed by atoms with Crippen LogP contribution in [-0.2, 0) is 0 Å². The molecular formula is C45H33N. The van der Waals surface area contributed by atoms with Gasteiger partial charge in [0, 0.05) is 21.8 Å². The zero-order chi connectivity index (χ0) is 31.0. The Labute approximate surface area is 270 Å². The summed E-state index contributed by atoms with van der Waals surface area (Å²) in [6, 6.07) is 57.3. The van der Waals surface area contributed by atoms with E-state index in [1.807, 2.05) is 13.0 Å². The Hall–Kier alpha value is -5.92. The number of fused-ring (bicyclic) bond motifs is 5. The molecule has 0 spiro atoms. The van der Waals surface area contributed by atoms with E-state index in [1.165, 1.54) is 71.5 Å². The Bertz CT molecular complexity index is 2390. The van der Waals surface area contributed by atoms with Crippen LogP contribution >= 0.6 is 0 Å². The van der Waals surface area contributed by atoms with Gasteiger partial charge in [-0.15, -0.1) is 0 Å². The SMILES string of the molecule is C=C/C(=C\C)c1ccc(-c2ccc3c(ccc4c5ccc(-c6ccc(-c7ccccc7)cc6)cc5n(-c5ccccc5)c34)c2)cc1. The van der Waals surface area contributed by atoms with Crippen LogP contribution in [0.5, 0.6) is 0 Å². The fourth-order valence-corrected chi connectivity index (χ4v) is 6.78. The number of para-hydroxylation sites is 1. The third kappa shape index (κ3) is 4.74. The largest absolute Gasteiger partial charge is 0.309 e. The average molecular weight is 588 g/mol. The quantitative estimate of drug-likeness (QED) is 0.171. The van der Waals surface area contributed by atoms with Crippen molar-refractivity contribution in [2.45, 2.75) is 6.92 Å². The van der Waals surface area contributed by atoms with Crippen LogP contribution in [0.4, 0.5) is 0 Å². The van der Waals surface area contributed by atoms with Gasteiger partial charge in [0.1, 0.15) is 0 Å². The van der Waals surface area contributed by atoms with Crippen molar-refractivity contribution in [3.63, 3.8) is 0 Å². The summed E-state index contributed by atoms with van der Waals surface area (Å²) >= 11 is 0.